The first-order valence-corrected chi connectivity index (χ1v) is 9.72. The molecule has 1 aliphatic rings. The molecule has 3 rings (SSSR count). The van der Waals surface area contributed by atoms with Gasteiger partial charge in [0.1, 0.15) is 0 Å². The largest absolute Gasteiger partial charge is 1.00 e. The van der Waals surface area contributed by atoms with Gasteiger partial charge in [-0.15, -0.1) is 0 Å². The number of hydrogen-bond acceptors (Lipinski definition) is 3. The van der Waals surface area contributed by atoms with E-state index in [0.717, 1.165) is 44.8 Å². The fourth-order valence-electron chi connectivity index (χ4n) is 4.07. The number of aliphatic hydroxyl groups is 1. The molecule has 0 saturated carbocycles. The Balaban J connectivity index is 0.00000261. The third kappa shape index (κ3) is 5.55. The normalized spacial score (nSPS) is 18.5. The van der Waals surface area contributed by atoms with Gasteiger partial charge in [0.25, 0.3) is 0 Å². The third-order valence-corrected chi connectivity index (χ3v) is 5.32. The minimum absolute atomic E-state index is 0. The molecule has 3 nitrogen and oxygen atoms in total. The van der Waals surface area contributed by atoms with Crippen LogP contribution in [0, 0.1) is 5.92 Å². The number of ether oxygens (including phenoxy) is 1. The fraction of sp³-hybridized carbons (Fsp3) is 0.478. The van der Waals surface area contributed by atoms with Gasteiger partial charge in [0.15, 0.2) is 0 Å². The molecular weight excluding hydrogens is 358 g/mol. The Labute approximate surface area is 169 Å². The van der Waals surface area contributed by atoms with Gasteiger partial charge in [-0.05, 0) is 23.5 Å². The van der Waals surface area contributed by atoms with Crippen molar-refractivity contribution in [2.24, 2.45) is 5.92 Å². The zero-order valence-corrected chi connectivity index (χ0v) is 17.1. The van der Waals surface area contributed by atoms with Crippen molar-refractivity contribution in [2.45, 2.75) is 31.8 Å². The van der Waals surface area contributed by atoms with Crippen LogP contribution in [0.4, 0.5) is 0 Å². The first-order chi connectivity index (χ1) is 12.6. The monoisotopic (exact) mass is 388 g/mol. The molecular formula is C23H31ClNO2-. The van der Waals surface area contributed by atoms with Crippen molar-refractivity contribution in [3.63, 3.8) is 0 Å². The van der Waals surface area contributed by atoms with Crippen LogP contribution in [-0.4, -0.2) is 42.9 Å². The molecule has 2 aromatic rings. The van der Waals surface area contributed by atoms with Crippen LogP contribution in [0.15, 0.2) is 60.7 Å². The highest BCUT2D eigenvalue weighted by atomic mass is 35.5. The van der Waals surface area contributed by atoms with E-state index in [1.54, 1.807) is 0 Å². The zero-order chi connectivity index (χ0) is 18.4. The quantitative estimate of drug-likeness (QED) is 0.769. The lowest BCUT2D eigenvalue weighted by atomic mass is 9.72. The van der Waals surface area contributed by atoms with Crippen LogP contribution in [0.3, 0.4) is 0 Å². The topological polar surface area (TPSA) is 32.7 Å². The molecule has 0 spiro atoms. The van der Waals surface area contributed by atoms with Crippen molar-refractivity contribution in [2.75, 3.05) is 32.8 Å². The molecule has 2 unspecified atom stereocenters. The van der Waals surface area contributed by atoms with Crippen molar-refractivity contribution in [3.05, 3.63) is 71.8 Å². The Morgan fingerprint density at radius 3 is 2.07 bits per heavy atom. The van der Waals surface area contributed by atoms with Crippen molar-refractivity contribution < 1.29 is 22.3 Å². The van der Waals surface area contributed by atoms with Crippen LogP contribution in [0.5, 0.6) is 0 Å². The van der Waals surface area contributed by atoms with E-state index in [0.29, 0.717) is 5.92 Å². The minimum Gasteiger partial charge on any atom is -1.00 e. The number of hydrogen-bond donors (Lipinski definition) is 1. The average molecular weight is 389 g/mol. The summed E-state index contributed by atoms with van der Waals surface area (Å²) in [6, 6.07) is 20.7. The van der Waals surface area contributed by atoms with Gasteiger partial charge in [-0.25, -0.2) is 0 Å². The molecule has 1 heterocycles. The Morgan fingerprint density at radius 2 is 1.52 bits per heavy atom. The summed E-state index contributed by atoms with van der Waals surface area (Å²) in [4.78, 5) is 2.43. The SMILES string of the molecule is CC(C)CC(O)(c1ccccc1)C(CN1CCOCC1)c1ccccc1.[Cl-]. The van der Waals surface area contributed by atoms with Crippen molar-refractivity contribution in [1.29, 1.82) is 0 Å². The van der Waals surface area contributed by atoms with Crippen LogP contribution in [0.25, 0.3) is 0 Å². The summed E-state index contributed by atoms with van der Waals surface area (Å²) in [5.41, 5.74) is 1.32. The predicted molar refractivity (Wildman–Crippen MR) is 106 cm³/mol. The van der Waals surface area contributed by atoms with Gasteiger partial charge in [-0.3, -0.25) is 4.90 Å². The van der Waals surface area contributed by atoms with Gasteiger partial charge in [-0.1, -0.05) is 74.5 Å². The Hall–Kier alpha value is -1.39. The lowest BCUT2D eigenvalue weighted by Crippen LogP contribution is -3.00. The van der Waals surface area contributed by atoms with Crippen LogP contribution >= 0.6 is 0 Å². The molecule has 0 aromatic heterocycles. The third-order valence-electron chi connectivity index (χ3n) is 5.32. The second kappa shape index (κ2) is 10.2. The van der Waals surface area contributed by atoms with E-state index in [2.05, 4.69) is 55.1 Å². The molecule has 1 aliphatic heterocycles. The first kappa shape index (κ1) is 21.9. The standard InChI is InChI=1S/C23H31NO2.ClH/c1-19(2)17-23(25,21-11-7-4-8-12-21)22(20-9-5-3-6-10-20)18-24-13-15-26-16-14-24;/h3-12,19,22,25H,13-18H2,1-2H3;1H/p-1. The predicted octanol–water partition coefficient (Wildman–Crippen LogP) is 1.04. The molecule has 0 bridgehead atoms. The highest BCUT2D eigenvalue weighted by Crippen LogP contribution is 2.42. The first-order valence-electron chi connectivity index (χ1n) is 9.72. The van der Waals surface area contributed by atoms with Crippen molar-refractivity contribution >= 4 is 0 Å². The maximum absolute atomic E-state index is 12.0. The van der Waals surface area contributed by atoms with Gasteiger partial charge in [0, 0.05) is 25.6 Å². The van der Waals surface area contributed by atoms with E-state index in [-0.39, 0.29) is 18.3 Å². The summed E-state index contributed by atoms with van der Waals surface area (Å²) in [7, 11) is 0. The highest BCUT2D eigenvalue weighted by molar-refractivity contribution is 5.32. The maximum atomic E-state index is 12.0. The second-order valence-corrected chi connectivity index (χ2v) is 7.76. The summed E-state index contributed by atoms with van der Waals surface area (Å²) in [6.07, 6.45) is 0.737. The summed E-state index contributed by atoms with van der Waals surface area (Å²) in [5, 5.41) is 12.0. The van der Waals surface area contributed by atoms with Crippen LogP contribution in [0.1, 0.15) is 37.3 Å². The lowest BCUT2D eigenvalue weighted by Gasteiger charge is -2.41. The van der Waals surface area contributed by atoms with Gasteiger partial charge in [0.2, 0.25) is 0 Å². The number of halogens is 1. The van der Waals surface area contributed by atoms with Crippen LogP contribution in [-0.2, 0) is 10.3 Å². The molecule has 0 amide bonds. The summed E-state index contributed by atoms with van der Waals surface area (Å²) in [6.45, 7) is 8.61. The molecule has 1 N–H and O–H groups in total. The molecule has 4 heteroatoms. The van der Waals surface area contributed by atoms with Crippen molar-refractivity contribution in [1.82, 2.24) is 4.90 Å². The van der Waals surface area contributed by atoms with Crippen molar-refractivity contribution in [3.8, 4) is 0 Å². The van der Waals surface area contributed by atoms with Gasteiger partial charge < -0.3 is 22.3 Å². The average Bonchev–Trinajstić information content (AvgIpc) is 2.67. The Bertz CT molecular complexity index is 659. The summed E-state index contributed by atoms with van der Waals surface area (Å²) < 4.78 is 5.52. The number of nitrogens with zero attached hydrogens (tertiary/aromatic N) is 1. The minimum atomic E-state index is -0.894. The van der Waals surface area contributed by atoms with E-state index in [1.165, 1.54) is 5.56 Å². The van der Waals surface area contributed by atoms with E-state index in [9.17, 15) is 5.11 Å². The second-order valence-electron chi connectivity index (χ2n) is 7.76. The van der Waals surface area contributed by atoms with Gasteiger partial charge in [0.05, 0.1) is 18.8 Å². The fourth-order valence-corrected chi connectivity index (χ4v) is 4.07. The van der Waals surface area contributed by atoms with Crippen LogP contribution in [0.2, 0.25) is 0 Å². The molecule has 0 aliphatic carbocycles. The number of rotatable bonds is 7. The lowest BCUT2D eigenvalue weighted by molar-refractivity contribution is -0.0356. The molecule has 2 aromatic carbocycles. The maximum Gasteiger partial charge on any atom is 0.0979 e. The molecule has 148 valence electrons. The van der Waals surface area contributed by atoms with E-state index >= 15 is 0 Å². The smallest absolute Gasteiger partial charge is 0.0979 e. The number of morpholine rings is 1. The Morgan fingerprint density at radius 1 is 0.963 bits per heavy atom. The molecule has 27 heavy (non-hydrogen) atoms. The Kier molecular flexibility index (Phi) is 8.30. The van der Waals surface area contributed by atoms with Gasteiger partial charge in [-0.2, -0.15) is 0 Å². The summed E-state index contributed by atoms with van der Waals surface area (Å²) >= 11 is 0. The van der Waals surface area contributed by atoms with E-state index in [1.807, 2.05) is 24.3 Å². The highest BCUT2D eigenvalue weighted by Gasteiger charge is 2.40. The molecule has 1 saturated heterocycles. The van der Waals surface area contributed by atoms with Gasteiger partial charge >= 0.3 is 0 Å². The summed E-state index contributed by atoms with van der Waals surface area (Å²) in [5.74, 6) is 0.419. The molecule has 2 atom stereocenters. The van der Waals surface area contributed by atoms with Crippen LogP contribution < -0.4 is 12.4 Å². The zero-order valence-electron chi connectivity index (χ0n) is 16.4. The number of benzene rings is 2. The molecule has 1 fully saturated rings. The molecule has 0 radical (unpaired) electrons. The van der Waals surface area contributed by atoms with E-state index < -0.39 is 5.60 Å². The van der Waals surface area contributed by atoms with E-state index in [4.69, 9.17) is 4.74 Å².